The van der Waals surface area contributed by atoms with Crippen molar-refractivity contribution in [2.45, 2.75) is 6.04 Å². The van der Waals surface area contributed by atoms with Gasteiger partial charge in [0.15, 0.2) is 6.04 Å². The van der Waals surface area contributed by atoms with E-state index < -0.39 is 23.6 Å². The second-order valence-electron chi connectivity index (χ2n) is 3.81. The molecule has 98 valence electrons. The number of carboxylic acids is 1. The highest BCUT2D eigenvalue weighted by molar-refractivity contribution is 5.95. The van der Waals surface area contributed by atoms with Gasteiger partial charge in [0.2, 0.25) is 0 Å². The van der Waals surface area contributed by atoms with Gasteiger partial charge in [-0.25, -0.2) is 9.59 Å². The summed E-state index contributed by atoms with van der Waals surface area (Å²) in [4.78, 5) is 38.4. The molecule has 2 rings (SSSR count). The quantitative estimate of drug-likeness (QED) is 0.631. The average Bonchev–Trinajstić information content (AvgIpc) is 2.83. The molecule has 0 aliphatic carbocycles. The molecule has 1 heterocycles. The SMILES string of the molecule is O=C(N[C@H](C(=O)O)c1ccccc1)c1c[nH]c(=O)[nH]1. The Labute approximate surface area is 107 Å². The third kappa shape index (κ3) is 2.89. The van der Waals surface area contributed by atoms with Gasteiger partial charge in [0.05, 0.1) is 0 Å². The van der Waals surface area contributed by atoms with E-state index in [1.807, 2.05) is 0 Å². The number of hydrogen-bond donors (Lipinski definition) is 4. The first-order valence-electron chi connectivity index (χ1n) is 5.44. The molecule has 0 saturated heterocycles. The second-order valence-corrected chi connectivity index (χ2v) is 3.81. The number of carboxylic acid groups (broad SMARTS) is 1. The Morgan fingerprint density at radius 3 is 2.42 bits per heavy atom. The minimum absolute atomic E-state index is 0.0211. The summed E-state index contributed by atoms with van der Waals surface area (Å²) >= 11 is 0. The van der Waals surface area contributed by atoms with Crippen molar-refractivity contribution in [1.82, 2.24) is 15.3 Å². The van der Waals surface area contributed by atoms with Gasteiger partial charge in [0.1, 0.15) is 5.69 Å². The summed E-state index contributed by atoms with van der Waals surface area (Å²) in [5.74, 6) is -1.85. The normalized spacial score (nSPS) is 11.8. The van der Waals surface area contributed by atoms with E-state index in [-0.39, 0.29) is 5.69 Å². The zero-order valence-corrected chi connectivity index (χ0v) is 9.71. The van der Waals surface area contributed by atoms with Crippen LogP contribution in [-0.4, -0.2) is 27.0 Å². The summed E-state index contributed by atoms with van der Waals surface area (Å²) < 4.78 is 0. The fourth-order valence-corrected chi connectivity index (χ4v) is 1.60. The van der Waals surface area contributed by atoms with Crippen molar-refractivity contribution >= 4 is 11.9 Å². The van der Waals surface area contributed by atoms with Crippen LogP contribution < -0.4 is 11.0 Å². The van der Waals surface area contributed by atoms with Gasteiger partial charge in [-0.2, -0.15) is 0 Å². The van der Waals surface area contributed by atoms with Crippen molar-refractivity contribution in [3.63, 3.8) is 0 Å². The highest BCUT2D eigenvalue weighted by Gasteiger charge is 2.22. The van der Waals surface area contributed by atoms with Crippen LogP contribution in [0, 0.1) is 0 Å². The van der Waals surface area contributed by atoms with Crippen LogP contribution in [0.2, 0.25) is 0 Å². The van der Waals surface area contributed by atoms with E-state index in [1.165, 1.54) is 6.20 Å². The van der Waals surface area contributed by atoms with Crippen LogP contribution in [0.4, 0.5) is 0 Å². The molecular formula is C12H11N3O4. The number of imidazole rings is 1. The third-order valence-electron chi connectivity index (χ3n) is 2.50. The summed E-state index contributed by atoms with van der Waals surface area (Å²) in [6, 6.07) is 7.11. The summed E-state index contributed by atoms with van der Waals surface area (Å²) in [6.45, 7) is 0. The van der Waals surface area contributed by atoms with E-state index in [0.717, 1.165) is 0 Å². The molecule has 7 nitrogen and oxygen atoms in total. The molecule has 4 N–H and O–H groups in total. The van der Waals surface area contributed by atoms with Crippen LogP contribution in [-0.2, 0) is 4.79 Å². The number of carbonyl (C=O) groups excluding carboxylic acids is 1. The molecule has 1 aromatic heterocycles. The number of rotatable bonds is 4. The number of aromatic amines is 2. The molecule has 0 bridgehead atoms. The zero-order chi connectivity index (χ0) is 13.8. The van der Waals surface area contributed by atoms with Crippen LogP contribution in [0.1, 0.15) is 22.1 Å². The summed E-state index contributed by atoms with van der Waals surface area (Å²) in [6.07, 6.45) is 1.18. The average molecular weight is 261 g/mol. The Morgan fingerprint density at radius 2 is 1.89 bits per heavy atom. The van der Waals surface area contributed by atoms with Gasteiger partial charge in [0, 0.05) is 6.20 Å². The molecular weight excluding hydrogens is 250 g/mol. The molecule has 0 saturated carbocycles. The lowest BCUT2D eigenvalue weighted by molar-refractivity contribution is -0.139. The van der Waals surface area contributed by atoms with E-state index in [9.17, 15) is 14.4 Å². The number of hydrogen-bond acceptors (Lipinski definition) is 3. The molecule has 1 atom stereocenters. The topological polar surface area (TPSA) is 115 Å². The zero-order valence-electron chi connectivity index (χ0n) is 9.71. The fourth-order valence-electron chi connectivity index (χ4n) is 1.60. The number of benzene rings is 1. The molecule has 7 heteroatoms. The van der Waals surface area contributed by atoms with Crippen LogP contribution in [0.5, 0.6) is 0 Å². The van der Waals surface area contributed by atoms with Gasteiger partial charge >= 0.3 is 11.7 Å². The molecule has 1 aromatic carbocycles. The highest BCUT2D eigenvalue weighted by atomic mass is 16.4. The summed E-state index contributed by atoms with van der Waals surface area (Å²) in [5, 5.41) is 11.5. The molecule has 0 fully saturated rings. The predicted molar refractivity (Wildman–Crippen MR) is 65.7 cm³/mol. The maximum Gasteiger partial charge on any atom is 0.330 e. The minimum Gasteiger partial charge on any atom is -0.479 e. The van der Waals surface area contributed by atoms with Crippen molar-refractivity contribution in [3.8, 4) is 0 Å². The maximum absolute atomic E-state index is 11.8. The number of amides is 1. The third-order valence-corrected chi connectivity index (χ3v) is 2.50. The van der Waals surface area contributed by atoms with Gasteiger partial charge in [-0.3, -0.25) is 4.79 Å². The minimum atomic E-state index is -1.18. The van der Waals surface area contributed by atoms with E-state index in [4.69, 9.17) is 5.11 Å². The van der Waals surface area contributed by atoms with Crippen molar-refractivity contribution in [3.05, 3.63) is 58.3 Å². The molecule has 0 unspecified atom stereocenters. The van der Waals surface area contributed by atoms with Crippen molar-refractivity contribution in [2.75, 3.05) is 0 Å². The first kappa shape index (κ1) is 12.6. The van der Waals surface area contributed by atoms with E-state index >= 15 is 0 Å². The van der Waals surface area contributed by atoms with Crippen LogP contribution in [0.15, 0.2) is 41.3 Å². The lowest BCUT2D eigenvalue weighted by atomic mass is 10.1. The van der Waals surface area contributed by atoms with Gasteiger partial charge in [0.25, 0.3) is 5.91 Å². The smallest absolute Gasteiger partial charge is 0.330 e. The van der Waals surface area contributed by atoms with E-state index in [0.29, 0.717) is 5.56 Å². The molecule has 19 heavy (non-hydrogen) atoms. The van der Waals surface area contributed by atoms with Gasteiger partial charge < -0.3 is 20.4 Å². The van der Waals surface area contributed by atoms with Crippen LogP contribution >= 0.6 is 0 Å². The van der Waals surface area contributed by atoms with Crippen LogP contribution in [0.3, 0.4) is 0 Å². The van der Waals surface area contributed by atoms with E-state index in [2.05, 4.69) is 15.3 Å². The Morgan fingerprint density at radius 1 is 1.21 bits per heavy atom. The Balaban J connectivity index is 2.21. The Hall–Kier alpha value is -2.83. The van der Waals surface area contributed by atoms with Crippen molar-refractivity contribution in [2.24, 2.45) is 0 Å². The number of H-pyrrole nitrogens is 2. The summed E-state index contributed by atoms with van der Waals surface area (Å²) in [7, 11) is 0. The highest BCUT2D eigenvalue weighted by Crippen LogP contribution is 2.13. The molecule has 0 aliphatic rings. The lowest BCUT2D eigenvalue weighted by Crippen LogP contribution is -2.34. The summed E-state index contributed by atoms with van der Waals surface area (Å²) in [5.41, 5.74) is -0.106. The number of aliphatic carboxylic acids is 1. The van der Waals surface area contributed by atoms with Gasteiger partial charge in [-0.1, -0.05) is 30.3 Å². The number of carbonyl (C=O) groups is 2. The van der Waals surface area contributed by atoms with Crippen molar-refractivity contribution < 1.29 is 14.7 Å². The standard InChI is InChI=1S/C12H11N3O4/c16-10(8-6-13-12(19)14-8)15-9(11(17)18)7-4-2-1-3-5-7/h1-6,9H,(H,15,16)(H,17,18)(H2,13,14,19)/t9-/m0/s1. The lowest BCUT2D eigenvalue weighted by Gasteiger charge is -2.13. The Bertz CT molecular complexity index is 644. The molecule has 1 amide bonds. The number of nitrogens with one attached hydrogen (secondary N) is 3. The maximum atomic E-state index is 11.8. The van der Waals surface area contributed by atoms with Gasteiger partial charge in [-0.05, 0) is 5.56 Å². The largest absolute Gasteiger partial charge is 0.479 e. The number of aromatic nitrogens is 2. The Kier molecular flexibility index (Phi) is 3.46. The molecule has 0 spiro atoms. The monoisotopic (exact) mass is 261 g/mol. The van der Waals surface area contributed by atoms with E-state index in [1.54, 1.807) is 30.3 Å². The van der Waals surface area contributed by atoms with Crippen molar-refractivity contribution in [1.29, 1.82) is 0 Å². The van der Waals surface area contributed by atoms with Gasteiger partial charge in [-0.15, -0.1) is 0 Å². The predicted octanol–water partition coefficient (Wildman–Crippen LogP) is 0.259. The first-order valence-corrected chi connectivity index (χ1v) is 5.44. The fraction of sp³-hybridized carbons (Fsp3) is 0.0833. The molecule has 0 aliphatic heterocycles. The molecule has 2 aromatic rings. The first-order chi connectivity index (χ1) is 9.08. The molecule has 0 radical (unpaired) electrons. The second kappa shape index (κ2) is 5.21. The van der Waals surface area contributed by atoms with Crippen LogP contribution in [0.25, 0.3) is 0 Å².